The number of methoxy groups -OCH3 is 1. The van der Waals surface area contributed by atoms with Crippen LogP contribution in [0.15, 0.2) is 42.5 Å². The quantitative estimate of drug-likeness (QED) is 0.315. The summed E-state index contributed by atoms with van der Waals surface area (Å²) in [6.45, 7) is 2.99. The number of hydrogen-bond donors (Lipinski definition) is 0. The van der Waals surface area contributed by atoms with E-state index >= 15 is 0 Å². The van der Waals surface area contributed by atoms with Gasteiger partial charge in [-0.2, -0.15) is 5.26 Å². The molecule has 0 spiro atoms. The number of ether oxygens (including phenoxy) is 1. The second-order valence-corrected chi connectivity index (χ2v) is 12.4. The fraction of sp³-hybridized carbons (Fsp3) is 0.485. The number of carbonyl (C=O) groups is 2. The topological polar surface area (TPSA) is 78.6 Å². The van der Waals surface area contributed by atoms with Crippen LogP contribution in [0.1, 0.15) is 66.6 Å². The van der Waals surface area contributed by atoms with Gasteiger partial charge in [-0.25, -0.2) is 4.39 Å². The summed E-state index contributed by atoms with van der Waals surface area (Å²) in [7, 11) is 1.41. The van der Waals surface area contributed by atoms with Crippen molar-refractivity contribution >= 4 is 34.4 Å². The number of benzene rings is 2. The summed E-state index contributed by atoms with van der Waals surface area (Å²) in [6, 6.07) is 14.2. The minimum Gasteiger partial charge on any atom is -0.469 e. The highest BCUT2D eigenvalue weighted by atomic mass is 35.5. The Morgan fingerprint density at radius 1 is 1.12 bits per heavy atom. The molecule has 0 aliphatic carbocycles. The number of nitriles is 1. The smallest absolute Gasteiger partial charge is 0.305 e. The molecule has 6 rings (SSSR count). The predicted octanol–water partition coefficient (Wildman–Crippen LogP) is 6.01. The Morgan fingerprint density at radius 2 is 1.93 bits per heavy atom. The van der Waals surface area contributed by atoms with Crippen molar-refractivity contribution in [2.24, 2.45) is 11.8 Å². The van der Waals surface area contributed by atoms with E-state index in [1.807, 2.05) is 16.7 Å². The third kappa shape index (κ3) is 5.41. The molecular weight excluding hydrogens is 555 g/mol. The summed E-state index contributed by atoms with van der Waals surface area (Å²) in [5.74, 6) is 0.00658. The average Bonchev–Trinajstić information content (AvgIpc) is 3.35. The lowest BCUT2D eigenvalue weighted by molar-refractivity contribution is -0.140. The zero-order valence-corrected chi connectivity index (χ0v) is 24.7. The molecule has 1 amide bonds. The van der Waals surface area contributed by atoms with Crippen molar-refractivity contribution in [3.63, 3.8) is 0 Å². The van der Waals surface area contributed by atoms with Crippen LogP contribution in [0.4, 0.5) is 4.39 Å². The average molecular weight is 591 g/mol. The first-order chi connectivity index (χ1) is 20.4. The number of esters is 1. The van der Waals surface area contributed by atoms with Gasteiger partial charge in [-0.1, -0.05) is 17.7 Å². The normalized spacial score (nSPS) is 23.8. The van der Waals surface area contributed by atoms with Crippen LogP contribution < -0.4 is 0 Å². The molecule has 9 heteroatoms. The maximum absolute atomic E-state index is 15.0. The molecule has 3 aromatic rings. The Kier molecular flexibility index (Phi) is 8.24. The second kappa shape index (κ2) is 12.1. The van der Waals surface area contributed by atoms with Gasteiger partial charge in [0.05, 0.1) is 30.8 Å². The summed E-state index contributed by atoms with van der Waals surface area (Å²) in [5, 5.41) is 10.8. The molecular formula is C33H36ClFN4O3. The van der Waals surface area contributed by atoms with Crippen LogP contribution in [0.25, 0.3) is 10.9 Å². The molecule has 3 saturated heterocycles. The number of aromatic nitrogens is 1. The fourth-order valence-corrected chi connectivity index (χ4v) is 7.98. The Hall–Kier alpha value is -3.41. The van der Waals surface area contributed by atoms with Gasteiger partial charge in [-0.3, -0.25) is 14.5 Å². The molecule has 3 aliphatic heterocycles. The summed E-state index contributed by atoms with van der Waals surface area (Å²) < 4.78 is 21.7. The number of likely N-dealkylation sites (tertiary alicyclic amines) is 1. The van der Waals surface area contributed by atoms with E-state index in [-0.39, 0.29) is 24.5 Å². The number of nitrogens with zero attached hydrogens (tertiary/aromatic N) is 4. The molecule has 3 aliphatic rings. The minimum absolute atomic E-state index is 0.00184. The number of rotatable bonds is 7. The molecule has 2 aromatic carbocycles. The van der Waals surface area contributed by atoms with Gasteiger partial charge >= 0.3 is 5.97 Å². The SMILES string of the molecule is COC(=O)CCC[C@@H]1[C@H]2CCCN3CCC[C@@H](CN1C(=O)c1cc4ccc(Cl)cc4n1Cc1cc(C#N)ccc1F)[C@@H]23. The molecule has 4 heterocycles. The number of fused-ring (bicyclic) bond motifs is 1. The lowest BCUT2D eigenvalue weighted by atomic mass is 9.69. The first-order valence-corrected chi connectivity index (χ1v) is 15.3. The Morgan fingerprint density at radius 3 is 2.71 bits per heavy atom. The van der Waals surface area contributed by atoms with Gasteiger partial charge in [0.2, 0.25) is 0 Å². The number of amides is 1. The molecule has 4 atom stereocenters. The number of halogens is 2. The largest absolute Gasteiger partial charge is 0.469 e. The third-order valence-electron chi connectivity index (χ3n) is 9.63. The summed E-state index contributed by atoms with van der Waals surface area (Å²) in [6.07, 6.45) is 6.11. The highest BCUT2D eigenvalue weighted by Crippen LogP contribution is 2.44. The molecule has 220 valence electrons. The van der Waals surface area contributed by atoms with E-state index in [4.69, 9.17) is 16.3 Å². The van der Waals surface area contributed by atoms with Crippen LogP contribution in [0.3, 0.4) is 0 Å². The first kappa shape index (κ1) is 28.7. The Balaban J connectivity index is 1.40. The van der Waals surface area contributed by atoms with Gasteiger partial charge in [0.25, 0.3) is 5.91 Å². The van der Waals surface area contributed by atoms with Gasteiger partial charge in [-0.05, 0) is 99.8 Å². The second-order valence-electron chi connectivity index (χ2n) is 12.0. The van der Waals surface area contributed by atoms with Crippen LogP contribution in [0, 0.1) is 29.0 Å². The van der Waals surface area contributed by atoms with Crippen molar-refractivity contribution < 1.29 is 18.7 Å². The lowest BCUT2D eigenvalue weighted by Crippen LogP contribution is -2.65. The molecule has 0 radical (unpaired) electrons. The summed E-state index contributed by atoms with van der Waals surface area (Å²) >= 11 is 6.39. The monoisotopic (exact) mass is 590 g/mol. The van der Waals surface area contributed by atoms with Crippen molar-refractivity contribution in [1.29, 1.82) is 5.26 Å². The van der Waals surface area contributed by atoms with Crippen molar-refractivity contribution in [2.75, 3.05) is 26.7 Å². The van der Waals surface area contributed by atoms with Crippen molar-refractivity contribution in [1.82, 2.24) is 14.4 Å². The zero-order chi connectivity index (χ0) is 29.4. The van der Waals surface area contributed by atoms with Gasteiger partial charge in [0.15, 0.2) is 0 Å². The van der Waals surface area contributed by atoms with Crippen LogP contribution in [0.5, 0.6) is 0 Å². The third-order valence-corrected chi connectivity index (χ3v) is 9.87. The van der Waals surface area contributed by atoms with Crippen molar-refractivity contribution in [2.45, 2.75) is 63.6 Å². The number of hydrogen-bond acceptors (Lipinski definition) is 5. The highest BCUT2D eigenvalue weighted by molar-refractivity contribution is 6.31. The molecule has 0 saturated carbocycles. The van der Waals surface area contributed by atoms with Gasteiger partial charge in [0, 0.05) is 41.0 Å². The highest BCUT2D eigenvalue weighted by Gasteiger charge is 2.49. The van der Waals surface area contributed by atoms with Gasteiger partial charge in [0.1, 0.15) is 11.5 Å². The van der Waals surface area contributed by atoms with Crippen LogP contribution in [-0.4, -0.2) is 65.1 Å². The molecule has 42 heavy (non-hydrogen) atoms. The standard InChI is InChI=1S/C33H36ClFN4O3/c1-42-31(40)8-2-7-28-26-6-4-14-37-13-3-5-23(32(26)37)19-39(28)33(41)30-16-22-10-11-25(34)17-29(22)38(30)20-24-15-21(18-36)9-12-27(24)35/h9-12,15-17,23,26,28,32H,2-8,13-14,19-20H2,1H3/t23-,26+,28+,32-/m0/s1. The molecule has 1 aromatic heterocycles. The zero-order valence-electron chi connectivity index (χ0n) is 23.9. The van der Waals surface area contributed by atoms with Crippen LogP contribution >= 0.6 is 11.6 Å². The van der Waals surface area contributed by atoms with Crippen molar-refractivity contribution in [3.8, 4) is 6.07 Å². The maximum Gasteiger partial charge on any atom is 0.305 e. The maximum atomic E-state index is 15.0. The van der Waals surface area contributed by atoms with E-state index in [0.717, 1.165) is 56.1 Å². The number of carbonyl (C=O) groups excluding carboxylic acids is 2. The molecule has 7 nitrogen and oxygen atoms in total. The van der Waals surface area contributed by atoms with Crippen LogP contribution in [-0.2, 0) is 16.1 Å². The van der Waals surface area contributed by atoms with E-state index in [2.05, 4.69) is 15.9 Å². The summed E-state index contributed by atoms with van der Waals surface area (Å²) in [4.78, 5) is 31.4. The molecule has 0 bridgehead atoms. The summed E-state index contributed by atoms with van der Waals surface area (Å²) in [5.41, 5.74) is 1.92. The van der Waals surface area contributed by atoms with E-state index < -0.39 is 5.82 Å². The van der Waals surface area contributed by atoms with E-state index in [9.17, 15) is 19.2 Å². The number of piperidine rings is 3. The lowest BCUT2D eigenvalue weighted by Gasteiger charge is -2.57. The first-order valence-electron chi connectivity index (χ1n) is 15.0. The van der Waals surface area contributed by atoms with E-state index in [1.54, 1.807) is 18.2 Å². The Labute approximate surface area is 250 Å². The van der Waals surface area contributed by atoms with Gasteiger partial charge in [-0.15, -0.1) is 0 Å². The molecule has 0 N–H and O–H groups in total. The van der Waals surface area contributed by atoms with E-state index in [1.165, 1.54) is 19.2 Å². The van der Waals surface area contributed by atoms with E-state index in [0.29, 0.717) is 59.1 Å². The predicted molar refractivity (Wildman–Crippen MR) is 159 cm³/mol. The minimum atomic E-state index is -0.428. The molecule has 3 fully saturated rings. The Bertz CT molecular complexity index is 1550. The molecule has 0 unspecified atom stereocenters. The fourth-order valence-electron chi connectivity index (χ4n) is 7.81. The van der Waals surface area contributed by atoms with Gasteiger partial charge < -0.3 is 14.2 Å². The van der Waals surface area contributed by atoms with Crippen LogP contribution in [0.2, 0.25) is 5.02 Å². The van der Waals surface area contributed by atoms with Crippen molar-refractivity contribution in [3.05, 3.63) is 70.1 Å².